The summed E-state index contributed by atoms with van der Waals surface area (Å²) in [6, 6.07) is 0.747. The fraction of sp³-hybridized carbons (Fsp3) is 0.750. The van der Waals surface area contributed by atoms with E-state index in [4.69, 9.17) is 0 Å². The number of hydrogen-bond acceptors (Lipinski definition) is 3. The van der Waals surface area contributed by atoms with Gasteiger partial charge in [0.05, 0.1) is 11.2 Å². The van der Waals surface area contributed by atoms with Crippen LogP contribution in [0.25, 0.3) is 0 Å². The fourth-order valence-corrected chi connectivity index (χ4v) is 3.09. The molecular weight excluding hydrogens is 204 g/mol. The van der Waals surface area contributed by atoms with Crippen LogP contribution in [0.1, 0.15) is 43.2 Å². The number of aromatic nitrogens is 1. The summed E-state index contributed by atoms with van der Waals surface area (Å²) in [6.07, 6.45) is 5.48. The summed E-state index contributed by atoms with van der Waals surface area (Å²) in [7, 11) is 0. The Hall–Kier alpha value is -0.410. The van der Waals surface area contributed by atoms with E-state index in [-0.39, 0.29) is 0 Å². The molecule has 84 valence electrons. The molecule has 15 heavy (non-hydrogen) atoms. The van der Waals surface area contributed by atoms with Gasteiger partial charge >= 0.3 is 0 Å². The summed E-state index contributed by atoms with van der Waals surface area (Å²) in [5, 5.41) is 3.66. The molecule has 0 spiro atoms. The van der Waals surface area contributed by atoms with Gasteiger partial charge in [0.15, 0.2) is 0 Å². The van der Waals surface area contributed by atoms with Crippen LogP contribution in [0.2, 0.25) is 0 Å². The molecular formula is C12H20N2S. The minimum absolute atomic E-state index is 0.747. The van der Waals surface area contributed by atoms with Gasteiger partial charge in [0.2, 0.25) is 0 Å². The predicted octanol–water partition coefficient (Wildman–Crippen LogP) is 3.12. The van der Waals surface area contributed by atoms with Gasteiger partial charge in [-0.3, -0.25) is 0 Å². The SMILES string of the molecule is CCC1CCC(NCc2scnc2C)C1. The molecule has 0 amide bonds. The van der Waals surface area contributed by atoms with Crippen LogP contribution < -0.4 is 5.32 Å². The van der Waals surface area contributed by atoms with Crippen LogP contribution in [-0.4, -0.2) is 11.0 Å². The van der Waals surface area contributed by atoms with E-state index in [9.17, 15) is 0 Å². The van der Waals surface area contributed by atoms with Crippen LogP contribution >= 0.6 is 11.3 Å². The molecule has 2 rings (SSSR count). The first-order valence-corrected chi connectivity index (χ1v) is 6.80. The highest BCUT2D eigenvalue weighted by Gasteiger charge is 2.22. The Morgan fingerprint density at radius 2 is 2.40 bits per heavy atom. The maximum absolute atomic E-state index is 4.27. The summed E-state index contributed by atoms with van der Waals surface area (Å²) < 4.78 is 0. The molecule has 0 bridgehead atoms. The van der Waals surface area contributed by atoms with E-state index in [1.165, 1.54) is 36.3 Å². The van der Waals surface area contributed by atoms with Crippen LogP contribution in [0.5, 0.6) is 0 Å². The predicted molar refractivity (Wildman–Crippen MR) is 65.1 cm³/mol. The van der Waals surface area contributed by atoms with Crippen molar-refractivity contribution >= 4 is 11.3 Å². The maximum atomic E-state index is 4.27. The molecule has 2 atom stereocenters. The van der Waals surface area contributed by atoms with E-state index in [0.717, 1.165) is 18.5 Å². The van der Waals surface area contributed by atoms with E-state index in [0.29, 0.717) is 0 Å². The van der Waals surface area contributed by atoms with Crippen LogP contribution in [-0.2, 0) is 6.54 Å². The molecule has 3 heteroatoms. The highest BCUT2D eigenvalue weighted by Crippen LogP contribution is 2.28. The first kappa shape index (κ1) is 11.1. The number of rotatable bonds is 4. The first-order valence-electron chi connectivity index (χ1n) is 5.92. The van der Waals surface area contributed by atoms with Crippen molar-refractivity contribution in [1.29, 1.82) is 0 Å². The van der Waals surface area contributed by atoms with Crippen molar-refractivity contribution in [2.75, 3.05) is 0 Å². The van der Waals surface area contributed by atoms with Crippen molar-refractivity contribution < 1.29 is 0 Å². The van der Waals surface area contributed by atoms with E-state index < -0.39 is 0 Å². The molecule has 2 unspecified atom stereocenters. The van der Waals surface area contributed by atoms with Crippen molar-refractivity contribution in [3.8, 4) is 0 Å². The second kappa shape index (κ2) is 5.08. The second-order valence-electron chi connectivity index (χ2n) is 4.53. The van der Waals surface area contributed by atoms with Gasteiger partial charge in [0.25, 0.3) is 0 Å². The molecule has 1 heterocycles. The lowest BCUT2D eigenvalue weighted by Crippen LogP contribution is -2.25. The zero-order valence-electron chi connectivity index (χ0n) is 9.62. The molecule has 2 nitrogen and oxygen atoms in total. The second-order valence-corrected chi connectivity index (χ2v) is 5.47. The Labute approximate surface area is 96.1 Å². The Bertz CT molecular complexity index is 308. The van der Waals surface area contributed by atoms with Gasteiger partial charge < -0.3 is 5.32 Å². The number of nitrogens with one attached hydrogen (secondary N) is 1. The number of hydrogen-bond donors (Lipinski definition) is 1. The lowest BCUT2D eigenvalue weighted by molar-refractivity contribution is 0.477. The van der Waals surface area contributed by atoms with Crippen molar-refractivity contribution in [1.82, 2.24) is 10.3 Å². The third-order valence-electron chi connectivity index (χ3n) is 3.51. The first-order chi connectivity index (χ1) is 7.29. The molecule has 0 saturated heterocycles. The third kappa shape index (κ3) is 2.79. The highest BCUT2D eigenvalue weighted by molar-refractivity contribution is 7.09. The van der Waals surface area contributed by atoms with Crippen LogP contribution in [0, 0.1) is 12.8 Å². The van der Waals surface area contributed by atoms with Crippen LogP contribution in [0.3, 0.4) is 0 Å². The molecule has 0 radical (unpaired) electrons. The molecule has 1 fully saturated rings. The third-order valence-corrected chi connectivity index (χ3v) is 4.45. The zero-order chi connectivity index (χ0) is 10.7. The lowest BCUT2D eigenvalue weighted by atomic mass is 10.1. The lowest BCUT2D eigenvalue weighted by Gasteiger charge is -2.12. The molecule has 1 aliphatic carbocycles. The van der Waals surface area contributed by atoms with Gasteiger partial charge in [-0.15, -0.1) is 11.3 Å². The Kier molecular flexibility index (Phi) is 3.76. The quantitative estimate of drug-likeness (QED) is 0.850. The minimum Gasteiger partial charge on any atom is -0.309 e. The Morgan fingerprint density at radius 1 is 1.53 bits per heavy atom. The topological polar surface area (TPSA) is 24.9 Å². The van der Waals surface area contributed by atoms with Gasteiger partial charge in [-0.1, -0.05) is 13.3 Å². The van der Waals surface area contributed by atoms with Gasteiger partial charge in [0, 0.05) is 17.5 Å². The van der Waals surface area contributed by atoms with E-state index in [2.05, 4.69) is 24.1 Å². The summed E-state index contributed by atoms with van der Waals surface area (Å²) in [5.41, 5.74) is 3.13. The molecule has 1 saturated carbocycles. The number of thiazole rings is 1. The Morgan fingerprint density at radius 3 is 3.00 bits per heavy atom. The fourth-order valence-electron chi connectivity index (χ4n) is 2.36. The van der Waals surface area contributed by atoms with Crippen molar-refractivity contribution in [2.24, 2.45) is 5.92 Å². The summed E-state index contributed by atoms with van der Waals surface area (Å²) in [6.45, 7) is 5.41. The molecule has 1 aromatic rings. The molecule has 1 aromatic heterocycles. The number of aryl methyl sites for hydroxylation is 1. The average Bonchev–Trinajstić information content (AvgIpc) is 2.84. The summed E-state index contributed by atoms with van der Waals surface area (Å²) in [5.74, 6) is 0.963. The normalized spacial score (nSPS) is 26.0. The summed E-state index contributed by atoms with van der Waals surface area (Å²) >= 11 is 1.77. The average molecular weight is 224 g/mol. The largest absolute Gasteiger partial charge is 0.309 e. The smallest absolute Gasteiger partial charge is 0.0798 e. The van der Waals surface area contributed by atoms with Crippen LogP contribution in [0.15, 0.2) is 5.51 Å². The Balaban J connectivity index is 1.77. The zero-order valence-corrected chi connectivity index (χ0v) is 10.4. The van der Waals surface area contributed by atoms with E-state index in [1.807, 2.05) is 5.51 Å². The van der Waals surface area contributed by atoms with Gasteiger partial charge in [-0.25, -0.2) is 4.98 Å². The summed E-state index contributed by atoms with van der Waals surface area (Å²) in [4.78, 5) is 5.67. The number of nitrogens with zero attached hydrogens (tertiary/aromatic N) is 1. The van der Waals surface area contributed by atoms with E-state index in [1.54, 1.807) is 11.3 Å². The van der Waals surface area contributed by atoms with Gasteiger partial charge in [0.1, 0.15) is 0 Å². The molecule has 0 aromatic carbocycles. The molecule has 0 aliphatic heterocycles. The van der Waals surface area contributed by atoms with E-state index >= 15 is 0 Å². The van der Waals surface area contributed by atoms with Crippen molar-refractivity contribution in [2.45, 2.75) is 52.1 Å². The minimum atomic E-state index is 0.747. The maximum Gasteiger partial charge on any atom is 0.0798 e. The van der Waals surface area contributed by atoms with Crippen molar-refractivity contribution in [3.05, 3.63) is 16.1 Å². The standard InChI is InChI=1S/C12H20N2S/c1-3-10-4-5-11(6-10)13-7-12-9(2)14-8-15-12/h8,10-11,13H,3-7H2,1-2H3. The highest BCUT2D eigenvalue weighted by atomic mass is 32.1. The molecule has 1 aliphatic rings. The van der Waals surface area contributed by atoms with Crippen LogP contribution in [0.4, 0.5) is 0 Å². The van der Waals surface area contributed by atoms with Gasteiger partial charge in [-0.05, 0) is 32.1 Å². The monoisotopic (exact) mass is 224 g/mol. The molecule has 1 N–H and O–H groups in total. The van der Waals surface area contributed by atoms with Gasteiger partial charge in [-0.2, -0.15) is 0 Å². The van der Waals surface area contributed by atoms with Crippen molar-refractivity contribution in [3.63, 3.8) is 0 Å².